The van der Waals surface area contributed by atoms with Gasteiger partial charge in [-0.15, -0.1) is 0 Å². The van der Waals surface area contributed by atoms with Gasteiger partial charge in [-0.1, -0.05) is 13.3 Å². The van der Waals surface area contributed by atoms with Crippen molar-refractivity contribution in [3.63, 3.8) is 0 Å². The molecule has 0 radical (unpaired) electrons. The number of anilines is 1. The maximum atomic E-state index is 13.3. The Balaban J connectivity index is 1.88. The van der Waals surface area contributed by atoms with Crippen molar-refractivity contribution in [3.05, 3.63) is 30.0 Å². The first-order chi connectivity index (χ1) is 11.5. The lowest BCUT2D eigenvalue weighted by Gasteiger charge is -2.06. The van der Waals surface area contributed by atoms with Gasteiger partial charge in [0, 0.05) is 24.3 Å². The molecular formula is C16H18F2N2O4. The fraction of sp³-hybridized carbons (Fsp3) is 0.375. The van der Waals surface area contributed by atoms with Crippen molar-refractivity contribution < 1.29 is 27.8 Å². The normalized spacial score (nSPS) is 10.8. The molecule has 0 atom stereocenters. The van der Waals surface area contributed by atoms with Crippen LogP contribution in [0.4, 0.5) is 14.5 Å². The Morgan fingerprint density at radius 2 is 1.92 bits per heavy atom. The molecule has 0 aliphatic rings. The fourth-order valence-corrected chi connectivity index (χ4v) is 2.00. The predicted octanol–water partition coefficient (Wildman–Crippen LogP) is 2.74. The van der Waals surface area contributed by atoms with Crippen LogP contribution in [0.3, 0.4) is 0 Å². The molecule has 0 saturated carbocycles. The second-order valence-electron chi connectivity index (χ2n) is 5.07. The molecule has 0 bridgehead atoms. The average molecular weight is 340 g/mol. The Morgan fingerprint density at radius 1 is 1.17 bits per heavy atom. The Hall–Kier alpha value is -2.48. The first-order valence-electron chi connectivity index (χ1n) is 7.55. The minimum atomic E-state index is -1.08. The summed E-state index contributed by atoms with van der Waals surface area (Å²) >= 11 is 0. The topological polar surface area (TPSA) is 80.4 Å². The number of carbonyl (C=O) groups is 2. The van der Waals surface area contributed by atoms with E-state index in [0.717, 1.165) is 25.0 Å². The number of fused-ring (bicyclic) bond motifs is 1. The van der Waals surface area contributed by atoms with Crippen molar-refractivity contribution in [1.29, 1.82) is 0 Å². The molecule has 2 rings (SSSR count). The number of esters is 1. The summed E-state index contributed by atoms with van der Waals surface area (Å²) in [6.07, 6.45) is 3.24. The molecule has 130 valence electrons. The molecular weight excluding hydrogens is 322 g/mol. The lowest BCUT2D eigenvalue weighted by atomic mass is 10.2. The zero-order valence-corrected chi connectivity index (χ0v) is 13.2. The second-order valence-corrected chi connectivity index (χ2v) is 5.07. The number of rotatable bonds is 7. The smallest absolute Gasteiger partial charge is 0.397 e. The largest absolute Gasteiger partial charge is 0.456 e. The van der Waals surface area contributed by atoms with Crippen LogP contribution in [0.15, 0.2) is 18.3 Å². The highest BCUT2D eigenvalue weighted by atomic mass is 19.2. The lowest BCUT2D eigenvalue weighted by Crippen LogP contribution is -2.26. The quantitative estimate of drug-likeness (QED) is 0.461. The first-order valence-corrected chi connectivity index (χ1v) is 7.55. The maximum absolute atomic E-state index is 13.3. The number of benzene rings is 1. The number of H-pyrrole nitrogens is 1. The molecule has 2 aromatic rings. The van der Waals surface area contributed by atoms with Crippen LogP contribution in [0.5, 0.6) is 0 Å². The van der Waals surface area contributed by atoms with E-state index in [9.17, 15) is 18.4 Å². The molecule has 8 heteroatoms. The van der Waals surface area contributed by atoms with Crippen LogP contribution in [0, 0.1) is 11.6 Å². The Kier molecular flexibility index (Phi) is 6.25. The van der Waals surface area contributed by atoms with E-state index >= 15 is 0 Å². The van der Waals surface area contributed by atoms with Gasteiger partial charge in [0.05, 0.1) is 17.8 Å². The number of halogens is 2. The number of hydrogen-bond donors (Lipinski definition) is 2. The lowest BCUT2D eigenvalue weighted by molar-refractivity contribution is -0.153. The molecule has 24 heavy (non-hydrogen) atoms. The van der Waals surface area contributed by atoms with Crippen molar-refractivity contribution in [1.82, 2.24) is 4.98 Å². The van der Waals surface area contributed by atoms with E-state index in [4.69, 9.17) is 9.47 Å². The summed E-state index contributed by atoms with van der Waals surface area (Å²) in [7, 11) is 0. The molecule has 1 aromatic heterocycles. The number of aromatic amines is 1. The highest BCUT2D eigenvalue weighted by molar-refractivity contribution is 6.38. The Morgan fingerprint density at radius 3 is 2.67 bits per heavy atom. The van der Waals surface area contributed by atoms with E-state index in [2.05, 4.69) is 10.3 Å². The zero-order valence-electron chi connectivity index (χ0n) is 13.2. The summed E-state index contributed by atoms with van der Waals surface area (Å²) < 4.78 is 36.4. The van der Waals surface area contributed by atoms with Crippen LogP contribution in [-0.2, 0) is 19.1 Å². The van der Waals surface area contributed by atoms with Crippen molar-refractivity contribution in [2.24, 2.45) is 0 Å². The van der Waals surface area contributed by atoms with Gasteiger partial charge in [-0.3, -0.25) is 4.79 Å². The second kappa shape index (κ2) is 8.39. The minimum absolute atomic E-state index is 0.0380. The number of carbonyl (C=O) groups excluding carboxylic acids is 2. The third-order valence-corrected chi connectivity index (χ3v) is 3.26. The number of nitrogens with one attached hydrogen (secondary N) is 2. The zero-order chi connectivity index (χ0) is 17.5. The molecule has 0 spiro atoms. The standard InChI is InChI=1S/C16H18F2N2O4/c1-2-3-4-23-5-6-24-16(22)15(21)20-14-9-19-13-8-12(18)11(17)7-10(13)14/h7-9,19H,2-6H2,1H3,(H,20,21). The fourth-order valence-electron chi connectivity index (χ4n) is 2.00. The molecule has 0 aliphatic carbocycles. The van der Waals surface area contributed by atoms with Crippen LogP contribution in [0.2, 0.25) is 0 Å². The van der Waals surface area contributed by atoms with Crippen LogP contribution in [-0.4, -0.2) is 36.7 Å². The molecule has 0 saturated heterocycles. The van der Waals surface area contributed by atoms with E-state index in [1.807, 2.05) is 6.92 Å². The molecule has 6 nitrogen and oxygen atoms in total. The highest BCUT2D eigenvalue weighted by Crippen LogP contribution is 2.25. The summed E-state index contributed by atoms with van der Waals surface area (Å²) in [4.78, 5) is 26.0. The monoisotopic (exact) mass is 340 g/mol. The van der Waals surface area contributed by atoms with E-state index < -0.39 is 23.5 Å². The van der Waals surface area contributed by atoms with Gasteiger partial charge in [-0.25, -0.2) is 13.6 Å². The van der Waals surface area contributed by atoms with E-state index in [0.29, 0.717) is 12.1 Å². The van der Waals surface area contributed by atoms with Gasteiger partial charge in [0.2, 0.25) is 0 Å². The average Bonchev–Trinajstić information content (AvgIpc) is 2.93. The maximum Gasteiger partial charge on any atom is 0.397 e. The molecule has 0 aliphatic heterocycles. The van der Waals surface area contributed by atoms with Crippen molar-refractivity contribution in [2.75, 3.05) is 25.1 Å². The highest BCUT2D eigenvalue weighted by Gasteiger charge is 2.18. The van der Waals surface area contributed by atoms with Gasteiger partial charge in [0.15, 0.2) is 11.6 Å². The Bertz CT molecular complexity index is 730. The number of ether oxygens (including phenoxy) is 2. The summed E-state index contributed by atoms with van der Waals surface area (Å²) in [6, 6.07) is 1.90. The number of hydrogen-bond acceptors (Lipinski definition) is 4. The molecule has 0 unspecified atom stereocenters. The summed E-state index contributed by atoms with van der Waals surface area (Å²) in [5.41, 5.74) is 0.451. The van der Waals surface area contributed by atoms with Crippen LogP contribution in [0.1, 0.15) is 19.8 Å². The summed E-state index contributed by atoms with van der Waals surface area (Å²) in [5, 5.41) is 2.55. The predicted molar refractivity (Wildman–Crippen MR) is 83.5 cm³/mol. The summed E-state index contributed by atoms with van der Waals surface area (Å²) in [6.45, 7) is 2.76. The van der Waals surface area contributed by atoms with Crippen LogP contribution >= 0.6 is 0 Å². The SMILES string of the molecule is CCCCOCCOC(=O)C(=O)Nc1c[nH]c2cc(F)c(F)cc12. The molecule has 1 amide bonds. The van der Waals surface area contributed by atoms with Gasteiger partial charge in [0.1, 0.15) is 6.61 Å². The minimum Gasteiger partial charge on any atom is -0.456 e. The van der Waals surface area contributed by atoms with Gasteiger partial charge >= 0.3 is 11.9 Å². The van der Waals surface area contributed by atoms with Gasteiger partial charge in [0.25, 0.3) is 0 Å². The van der Waals surface area contributed by atoms with Crippen LogP contribution < -0.4 is 5.32 Å². The molecule has 1 heterocycles. The van der Waals surface area contributed by atoms with Crippen molar-refractivity contribution in [3.8, 4) is 0 Å². The van der Waals surface area contributed by atoms with E-state index in [-0.39, 0.29) is 24.3 Å². The van der Waals surface area contributed by atoms with E-state index in [1.54, 1.807) is 0 Å². The number of amides is 1. The van der Waals surface area contributed by atoms with Crippen LogP contribution in [0.25, 0.3) is 10.9 Å². The number of unbranched alkanes of at least 4 members (excludes halogenated alkanes) is 1. The van der Waals surface area contributed by atoms with E-state index in [1.165, 1.54) is 6.20 Å². The summed E-state index contributed by atoms with van der Waals surface area (Å²) in [5.74, 6) is -4.14. The Labute approximate surface area is 137 Å². The van der Waals surface area contributed by atoms with Gasteiger partial charge in [-0.2, -0.15) is 0 Å². The first kappa shape index (κ1) is 17.9. The van der Waals surface area contributed by atoms with Crippen molar-refractivity contribution in [2.45, 2.75) is 19.8 Å². The molecule has 1 aromatic carbocycles. The molecule has 2 N–H and O–H groups in total. The van der Waals surface area contributed by atoms with Gasteiger partial charge < -0.3 is 19.8 Å². The van der Waals surface area contributed by atoms with Crippen molar-refractivity contribution >= 4 is 28.5 Å². The third kappa shape index (κ3) is 4.51. The van der Waals surface area contributed by atoms with Gasteiger partial charge in [-0.05, 0) is 12.5 Å². The third-order valence-electron chi connectivity index (χ3n) is 3.26. The number of aromatic nitrogens is 1. The molecule has 0 fully saturated rings.